The molecule has 0 saturated carbocycles. The van der Waals surface area contributed by atoms with Crippen LogP contribution in [0.15, 0.2) is 94.3 Å². The maximum atomic E-state index is 11.7. The number of primary sulfonamides is 1. The van der Waals surface area contributed by atoms with Crippen molar-refractivity contribution in [3.63, 3.8) is 0 Å². The summed E-state index contributed by atoms with van der Waals surface area (Å²) in [6.45, 7) is 4.99. The van der Waals surface area contributed by atoms with Crippen molar-refractivity contribution in [3.05, 3.63) is 102 Å². The smallest absolute Gasteiger partial charge is 0.238 e. The maximum Gasteiger partial charge on any atom is 0.238 e. The second kappa shape index (κ2) is 12.7. The summed E-state index contributed by atoms with van der Waals surface area (Å²) in [7, 11) is -2.02. The van der Waals surface area contributed by atoms with E-state index in [1.54, 1.807) is 25.3 Å². The van der Waals surface area contributed by atoms with Gasteiger partial charge in [-0.25, -0.2) is 18.5 Å². The average Bonchev–Trinajstić information content (AvgIpc) is 3.41. The number of nitrogens with zero attached hydrogens (tertiary/aromatic N) is 1. The standard InChI is InChI=1S/C33H36N2O6S/c1-23-20-33(38-3,21-24(2)40-23)28-12-7-9-25(19-28)22-39-18-8-13-30-35-31(26-10-5-4-6-11-26)32(41-30)27-14-16-29(17-15-27)42(34,36)37/h4-17,19,23-24H,18,20-22H2,1-3H3,(H2,34,36,37)/b13-8-. The predicted octanol–water partition coefficient (Wildman–Crippen LogP) is 6.32. The van der Waals surface area contributed by atoms with E-state index in [9.17, 15) is 8.42 Å². The van der Waals surface area contributed by atoms with Crippen LogP contribution in [0.5, 0.6) is 0 Å². The molecular formula is C33H36N2O6S. The molecule has 0 aliphatic carbocycles. The zero-order chi connectivity index (χ0) is 29.7. The van der Waals surface area contributed by atoms with Crippen LogP contribution in [0.3, 0.4) is 0 Å². The summed E-state index contributed by atoms with van der Waals surface area (Å²) >= 11 is 0. The van der Waals surface area contributed by atoms with Crippen LogP contribution in [0.4, 0.5) is 0 Å². The van der Waals surface area contributed by atoms with Crippen LogP contribution in [0.25, 0.3) is 28.7 Å². The normalized spacial score (nSPS) is 21.1. The van der Waals surface area contributed by atoms with Gasteiger partial charge in [0.05, 0.1) is 35.9 Å². The minimum absolute atomic E-state index is 0.0316. The maximum absolute atomic E-state index is 11.7. The second-order valence-electron chi connectivity index (χ2n) is 10.6. The highest BCUT2D eigenvalue weighted by atomic mass is 32.2. The number of methoxy groups -OCH3 is 1. The van der Waals surface area contributed by atoms with Gasteiger partial charge in [0.25, 0.3) is 0 Å². The first-order chi connectivity index (χ1) is 20.2. The number of hydrogen-bond acceptors (Lipinski definition) is 7. The van der Waals surface area contributed by atoms with Crippen molar-refractivity contribution in [2.24, 2.45) is 5.14 Å². The highest BCUT2D eigenvalue weighted by Gasteiger charge is 2.40. The highest BCUT2D eigenvalue weighted by molar-refractivity contribution is 7.89. The topological polar surface area (TPSA) is 114 Å². The summed E-state index contributed by atoms with van der Waals surface area (Å²) in [6.07, 6.45) is 5.49. The van der Waals surface area contributed by atoms with Crippen molar-refractivity contribution in [2.45, 2.75) is 56.0 Å². The molecule has 220 valence electrons. The third-order valence-electron chi connectivity index (χ3n) is 7.42. The minimum atomic E-state index is -3.80. The van der Waals surface area contributed by atoms with Crippen molar-refractivity contribution in [2.75, 3.05) is 13.7 Å². The van der Waals surface area contributed by atoms with Gasteiger partial charge >= 0.3 is 0 Å². The molecule has 1 fully saturated rings. The van der Waals surface area contributed by atoms with E-state index in [0.717, 1.165) is 29.5 Å². The monoisotopic (exact) mass is 588 g/mol. The molecule has 1 saturated heterocycles. The fourth-order valence-corrected chi connectivity index (χ4v) is 6.07. The molecule has 2 atom stereocenters. The Kier molecular flexibility index (Phi) is 9.05. The SMILES string of the molecule is COC1(c2cccc(COC/C=C\c3nc(-c4ccccc4)c(-c4ccc(S(N)(=O)=O)cc4)o3)c2)CC(C)OC(C)C1. The van der Waals surface area contributed by atoms with Gasteiger partial charge in [0, 0.05) is 31.1 Å². The van der Waals surface area contributed by atoms with Crippen LogP contribution in [0.2, 0.25) is 0 Å². The van der Waals surface area contributed by atoms with Gasteiger partial charge in [-0.05, 0) is 55.3 Å². The van der Waals surface area contributed by atoms with E-state index < -0.39 is 10.0 Å². The van der Waals surface area contributed by atoms with E-state index in [1.165, 1.54) is 12.1 Å². The summed E-state index contributed by atoms with van der Waals surface area (Å²) in [5.74, 6) is 0.943. The van der Waals surface area contributed by atoms with Crippen molar-refractivity contribution in [3.8, 4) is 22.6 Å². The first-order valence-electron chi connectivity index (χ1n) is 13.9. The molecule has 0 spiro atoms. The third-order valence-corrected chi connectivity index (χ3v) is 8.35. The third kappa shape index (κ3) is 6.88. The van der Waals surface area contributed by atoms with E-state index >= 15 is 0 Å². The number of oxazole rings is 1. The summed E-state index contributed by atoms with van der Waals surface area (Å²) in [4.78, 5) is 4.73. The number of rotatable bonds is 10. The number of hydrogen-bond donors (Lipinski definition) is 1. The molecule has 2 heterocycles. The first kappa shape index (κ1) is 29.9. The molecule has 9 heteroatoms. The Hall–Kier alpha value is -3.60. The first-order valence-corrected chi connectivity index (χ1v) is 15.5. The highest BCUT2D eigenvalue weighted by Crippen LogP contribution is 2.40. The van der Waals surface area contributed by atoms with E-state index in [1.807, 2.05) is 42.5 Å². The van der Waals surface area contributed by atoms with E-state index in [2.05, 4.69) is 32.0 Å². The summed E-state index contributed by atoms with van der Waals surface area (Å²) in [5.41, 5.74) is 4.06. The lowest BCUT2D eigenvalue weighted by Gasteiger charge is -2.42. The van der Waals surface area contributed by atoms with E-state index in [0.29, 0.717) is 36.1 Å². The van der Waals surface area contributed by atoms with Crippen LogP contribution in [-0.2, 0) is 36.4 Å². The zero-order valence-corrected chi connectivity index (χ0v) is 24.8. The number of aromatic nitrogens is 1. The van der Waals surface area contributed by atoms with Crippen molar-refractivity contribution >= 4 is 16.1 Å². The molecule has 1 aliphatic rings. The number of sulfonamides is 1. The van der Waals surface area contributed by atoms with Gasteiger partial charge in [0.15, 0.2) is 5.76 Å². The number of benzene rings is 3. The van der Waals surface area contributed by atoms with Gasteiger partial charge < -0.3 is 18.6 Å². The van der Waals surface area contributed by atoms with Gasteiger partial charge in [-0.3, -0.25) is 0 Å². The fraction of sp³-hybridized carbons (Fsp3) is 0.303. The fourth-order valence-electron chi connectivity index (χ4n) is 5.55. The molecule has 2 N–H and O–H groups in total. The Morgan fingerprint density at radius 2 is 1.69 bits per heavy atom. The summed E-state index contributed by atoms with van der Waals surface area (Å²) < 4.78 is 47.5. The Bertz CT molecular complexity index is 1620. The molecule has 5 rings (SSSR count). The molecule has 1 aliphatic heterocycles. The quantitative estimate of drug-likeness (QED) is 0.216. The lowest BCUT2D eigenvalue weighted by Crippen LogP contribution is -2.42. The molecular weight excluding hydrogens is 552 g/mol. The molecule has 8 nitrogen and oxygen atoms in total. The molecule has 0 radical (unpaired) electrons. The molecule has 0 bridgehead atoms. The van der Waals surface area contributed by atoms with Gasteiger partial charge in [0.1, 0.15) is 5.69 Å². The van der Waals surface area contributed by atoms with E-state index in [-0.39, 0.29) is 22.7 Å². The minimum Gasteiger partial charge on any atom is -0.436 e. The number of nitrogens with two attached hydrogens (primary N) is 1. The lowest BCUT2D eigenvalue weighted by molar-refractivity contribution is -0.152. The average molecular weight is 589 g/mol. The van der Waals surface area contributed by atoms with Gasteiger partial charge in [-0.1, -0.05) is 60.7 Å². The summed E-state index contributed by atoms with van der Waals surface area (Å²) in [5, 5.41) is 5.26. The molecule has 42 heavy (non-hydrogen) atoms. The van der Waals surface area contributed by atoms with Gasteiger partial charge in [-0.2, -0.15) is 0 Å². The lowest BCUT2D eigenvalue weighted by atomic mass is 9.81. The van der Waals surface area contributed by atoms with Crippen LogP contribution in [0.1, 0.15) is 43.7 Å². The molecule has 2 unspecified atom stereocenters. The number of ether oxygens (including phenoxy) is 3. The largest absolute Gasteiger partial charge is 0.436 e. The van der Waals surface area contributed by atoms with Gasteiger partial charge in [-0.15, -0.1) is 0 Å². The van der Waals surface area contributed by atoms with Crippen LogP contribution < -0.4 is 5.14 Å². The molecule has 1 aromatic heterocycles. The van der Waals surface area contributed by atoms with Gasteiger partial charge in [0.2, 0.25) is 15.9 Å². The van der Waals surface area contributed by atoms with Crippen LogP contribution in [-0.4, -0.2) is 39.3 Å². The van der Waals surface area contributed by atoms with E-state index in [4.69, 9.17) is 28.8 Å². The Labute approximate surface area is 247 Å². The Morgan fingerprint density at radius 3 is 2.36 bits per heavy atom. The Morgan fingerprint density at radius 1 is 0.976 bits per heavy atom. The Balaban J connectivity index is 1.28. The van der Waals surface area contributed by atoms with Crippen LogP contribution in [0, 0.1) is 0 Å². The second-order valence-corrected chi connectivity index (χ2v) is 12.2. The van der Waals surface area contributed by atoms with Crippen LogP contribution >= 0.6 is 0 Å². The summed E-state index contributed by atoms with van der Waals surface area (Å²) in [6, 6.07) is 24.3. The molecule has 4 aromatic rings. The molecule has 0 amide bonds. The molecule has 3 aromatic carbocycles. The predicted molar refractivity (Wildman–Crippen MR) is 162 cm³/mol. The van der Waals surface area contributed by atoms with Crippen molar-refractivity contribution in [1.29, 1.82) is 0 Å². The zero-order valence-electron chi connectivity index (χ0n) is 24.0. The van der Waals surface area contributed by atoms with Crippen molar-refractivity contribution in [1.82, 2.24) is 4.98 Å². The van der Waals surface area contributed by atoms with Crippen molar-refractivity contribution < 1.29 is 27.0 Å².